The van der Waals surface area contributed by atoms with Crippen molar-refractivity contribution < 1.29 is 19.2 Å². The molecule has 160 valence electrons. The van der Waals surface area contributed by atoms with Crippen LogP contribution in [0.1, 0.15) is 43.2 Å². The van der Waals surface area contributed by atoms with E-state index in [4.69, 9.17) is 4.74 Å². The smallest absolute Gasteiger partial charge is 0.338 e. The summed E-state index contributed by atoms with van der Waals surface area (Å²) in [5.74, 6) is -0.821. The van der Waals surface area contributed by atoms with E-state index in [-0.39, 0.29) is 5.69 Å². The van der Waals surface area contributed by atoms with Crippen LogP contribution in [-0.4, -0.2) is 33.7 Å². The summed E-state index contributed by atoms with van der Waals surface area (Å²) >= 11 is 0. The van der Waals surface area contributed by atoms with Crippen molar-refractivity contribution >= 4 is 23.3 Å². The molecule has 0 fully saturated rings. The number of ether oxygens (including phenoxy) is 1. The van der Waals surface area contributed by atoms with Gasteiger partial charge in [-0.2, -0.15) is 5.10 Å². The van der Waals surface area contributed by atoms with Crippen molar-refractivity contribution in [3.8, 4) is 0 Å². The van der Waals surface area contributed by atoms with Gasteiger partial charge in [0.25, 0.3) is 11.6 Å². The fourth-order valence-corrected chi connectivity index (χ4v) is 3.35. The van der Waals surface area contributed by atoms with E-state index >= 15 is 0 Å². The number of rotatable bonds is 6. The van der Waals surface area contributed by atoms with E-state index in [1.54, 1.807) is 30.7 Å². The second kappa shape index (κ2) is 8.78. The fraction of sp³-hybridized carbons (Fsp3) is 0.227. The lowest BCUT2D eigenvalue weighted by atomic mass is 10.1. The Morgan fingerprint density at radius 2 is 1.87 bits per heavy atom. The molecule has 0 saturated heterocycles. The Hall–Kier alpha value is -4.01. The first kappa shape index (κ1) is 21.7. The lowest BCUT2D eigenvalue weighted by Crippen LogP contribution is -2.14. The SMILES string of the molecule is COC(=O)c1ccccc1Cn1nc(C)c(NC(=O)c2ccc([N+](=O)[O-])c(C)c2)c1C. The Bertz CT molecular complexity index is 1180. The maximum atomic E-state index is 12.7. The lowest BCUT2D eigenvalue weighted by Gasteiger charge is -2.10. The third kappa shape index (κ3) is 4.45. The van der Waals surface area contributed by atoms with Crippen molar-refractivity contribution in [2.75, 3.05) is 12.4 Å². The lowest BCUT2D eigenvalue weighted by molar-refractivity contribution is -0.385. The average molecular weight is 422 g/mol. The first-order valence-corrected chi connectivity index (χ1v) is 9.49. The molecule has 0 radical (unpaired) electrons. The number of benzene rings is 2. The normalized spacial score (nSPS) is 10.6. The molecule has 0 saturated carbocycles. The molecule has 2 aromatic carbocycles. The summed E-state index contributed by atoms with van der Waals surface area (Å²) in [5, 5.41) is 18.3. The Kier molecular flexibility index (Phi) is 6.15. The standard InChI is InChI=1S/C22H22N4O5/c1-13-11-16(9-10-19(13)26(29)30)21(27)23-20-14(2)24-25(15(20)3)12-17-7-5-6-8-18(17)22(28)31-4/h5-11H,12H2,1-4H3,(H,23,27). The van der Waals surface area contributed by atoms with E-state index < -0.39 is 16.8 Å². The predicted octanol–water partition coefficient (Wildman–Crippen LogP) is 3.80. The molecule has 1 heterocycles. The maximum Gasteiger partial charge on any atom is 0.338 e. The van der Waals surface area contributed by atoms with Crippen LogP contribution in [0.15, 0.2) is 42.5 Å². The number of esters is 1. The number of aryl methyl sites for hydroxylation is 2. The number of nitro benzene ring substituents is 1. The highest BCUT2D eigenvalue weighted by Gasteiger charge is 2.19. The maximum absolute atomic E-state index is 12.7. The van der Waals surface area contributed by atoms with E-state index in [2.05, 4.69) is 10.4 Å². The van der Waals surface area contributed by atoms with Crippen LogP contribution in [0, 0.1) is 30.9 Å². The summed E-state index contributed by atoms with van der Waals surface area (Å²) < 4.78 is 6.54. The number of hydrogen-bond acceptors (Lipinski definition) is 6. The van der Waals surface area contributed by atoms with Gasteiger partial charge in [0.05, 0.1) is 41.2 Å². The van der Waals surface area contributed by atoms with Gasteiger partial charge in [-0.05, 0) is 44.5 Å². The van der Waals surface area contributed by atoms with Gasteiger partial charge >= 0.3 is 5.97 Å². The highest BCUT2D eigenvalue weighted by Crippen LogP contribution is 2.24. The molecule has 9 heteroatoms. The van der Waals surface area contributed by atoms with Crippen LogP contribution in [-0.2, 0) is 11.3 Å². The third-order valence-corrected chi connectivity index (χ3v) is 5.02. The molecule has 0 spiro atoms. The second-order valence-electron chi connectivity index (χ2n) is 7.06. The number of aromatic nitrogens is 2. The molecule has 1 N–H and O–H groups in total. The number of hydrogen-bond donors (Lipinski definition) is 1. The van der Waals surface area contributed by atoms with Crippen molar-refractivity contribution in [2.24, 2.45) is 0 Å². The molecule has 0 unspecified atom stereocenters. The number of carbonyl (C=O) groups excluding carboxylic acids is 2. The van der Waals surface area contributed by atoms with Gasteiger partial charge in [0.2, 0.25) is 0 Å². The number of carbonyl (C=O) groups is 2. The van der Waals surface area contributed by atoms with Crippen molar-refractivity contribution in [2.45, 2.75) is 27.3 Å². The van der Waals surface area contributed by atoms with Gasteiger partial charge in [-0.25, -0.2) is 4.79 Å². The van der Waals surface area contributed by atoms with Crippen molar-refractivity contribution in [3.63, 3.8) is 0 Å². The van der Waals surface area contributed by atoms with Gasteiger partial charge in [0.1, 0.15) is 0 Å². The van der Waals surface area contributed by atoms with Crippen LogP contribution in [0.3, 0.4) is 0 Å². The average Bonchev–Trinajstić information content (AvgIpc) is 3.00. The zero-order valence-corrected chi connectivity index (χ0v) is 17.6. The van der Waals surface area contributed by atoms with E-state index in [9.17, 15) is 19.7 Å². The first-order chi connectivity index (χ1) is 14.7. The third-order valence-electron chi connectivity index (χ3n) is 5.02. The van der Waals surface area contributed by atoms with Crippen LogP contribution >= 0.6 is 0 Å². The number of anilines is 1. The van der Waals surface area contributed by atoms with Crippen LogP contribution < -0.4 is 5.32 Å². The largest absolute Gasteiger partial charge is 0.465 e. The first-order valence-electron chi connectivity index (χ1n) is 9.49. The minimum Gasteiger partial charge on any atom is -0.465 e. The van der Waals surface area contributed by atoms with E-state index in [0.717, 1.165) is 5.56 Å². The highest BCUT2D eigenvalue weighted by atomic mass is 16.6. The molecule has 1 aromatic heterocycles. The number of nitrogens with one attached hydrogen (secondary N) is 1. The van der Waals surface area contributed by atoms with E-state index in [1.165, 1.54) is 25.3 Å². The predicted molar refractivity (Wildman–Crippen MR) is 114 cm³/mol. The van der Waals surface area contributed by atoms with Gasteiger partial charge in [-0.3, -0.25) is 19.6 Å². The summed E-state index contributed by atoms with van der Waals surface area (Å²) in [4.78, 5) is 35.3. The molecule has 9 nitrogen and oxygen atoms in total. The van der Waals surface area contributed by atoms with E-state index in [0.29, 0.717) is 40.3 Å². The fourth-order valence-electron chi connectivity index (χ4n) is 3.35. The number of nitro groups is 1. The topological polar surface area (TPSA) is 116 Å². The van der Waals surface area contributed by atoms with Gasteiger partial charge in [0, 0.05) is 17.2 Å². The van der Waals surface area contributed by atoms with Gasteiger partial charge in [0.15, 0.2) is 0 Å². The minimum absolute atomic E-state index is 0.0407. The van der Waals surface area contributed by atoms with Crippen molar-refractivity contribution in [3.05, 3.63) is 86.2 Å². The summed E-state index contributed by atoms with van der Waals surface area (Å²) in [6.07, 6.45) is 0. The Balaban J connectivity index is 1.86. The van der Waals surface area contributed by atoms with Gasteiger partial charge in [-0.1, -0.05) is 18.2 Å². The summed E-state index contributed by atoms with van der Waals surface area (Å²) in [5.41, 5.74) is 3.74. The molecule has 0 aliphatic heterocycles. The molecule has 31 heavy (non-hydrogen) atoms. The zero-order valence-electron chi connectivity index (χ0n) is 17.6. The van der Waals surface area contributed by atoms with Crippen molar-refractivity contribution in [1.82, 2.24) is 9.78 Å². The quantitative estimate of drug-likeness (QED) is 0.367. The van der Waals surface area contributed by atoms with Crippen LogP contribution in [0.5, 0.6) is 0 Å². The molecule has 3 rings (SSSR count). The summed E-state index contributed by atoms with van der Waals surface area (Å²) in [7, 11) is 1.33. The Morgan fingerprint density at radius 1 is 1.16 bits per heavy atom. The van der Waals surface area contributed by atoms with Crippen LogP contribution in [0.2, 0.25) is 0 Å². The number of amides is 1. The molecular formula is C22H22N4O5. The Labute approximate surface area is 178 Å². The Morgan fingerprint density at radius 3 is 2.52 bits per heavy atom. The molecular weight excluding hydrogens is 400 g/mol. The number of nitrogens with zero attached hydrogens (tertiary/aromatic N) is 3. The molecule has 1 amide bonds. The molecule has 0 aliphatic rings. The molecule has 3 aromatic rings. The van der Waals surface area contributed by atoms with Crippen molar-refractivity contribution in [1.29, 1.82) is 0 Å². The van der Waals surface area contributed by atoms with Gasteiger partial charge in [-0.15, -0.1) is 0 Å². The van der Waals surface area contributed by atoms with Gasteiger partial charge < -0.3 is 10.1 Å². The monoisotopic (exact) mass is 422 g/mol. The zero-order chi connectivity index (χ0) is 22.7. The van der Waals surface area contributed by atoms with E-state index in [1.807, 2.05) is 19.1 Å². The second-order valence-corrected chi connectivity index (χ2v) is 7.06. The molecule has 0 bridgehead atoms. The minimum atomic E-state index is -0.485. The van der Waals surface area contributed by atoms with Crippen LogP contribution in [0.4, 0.5) is 11.4 Å². The summed E-state index contributed by atoms with van der Waals surface area (Å²) in [6.45, 7) is 5.50. The van der Waals surface area contributed by atoms with Crippen LogP contribution in [0.25, 0.3) is 0 Å². The molecule has 0 atom stereocenters. The number of methoxy groups -OCH3 is 1. The summed E-state index contributed by atoms with van der Waals surface area (Å²) in [6, 6.07) is 11.3. The molecule has 0 aliphatic carbocycles. The highest BCUT2D eigenvalue weighted by molar-refractivity contribution is 6.05.